The van der Waals surface area contributed by atoms with Crippen LogP contribution in [0.15, 0.2) is 4.52 Å². The number of rotatable bonds is 8. The Labute approximate surface area is 107 Å². The lowest BCUT2D eigenvalue weighted by Gasteiger charge is -2.09. The zero-order valence-corrected chi connectivity index (χ0v) is 11.7. The first kappa shape index (κ1) is 15.1. The molecule has 0 saturated carbocycles. The average molecular weight is 276 g/mol. The van der Waals surface area contributed by atoms with E-state index in [1.807, 2.05) is 13.8 Å². The highest BCUT2D eigenvalue weighted by atomic mass is 32.2. The SMILES string of the molecule is Cc1nc(CCNS(=O)(=O)CCNC(C)C)no1. The third kappa shape index (κ3) is 6.08. The maximum atomic E-state index is 11.6. The Morgan fingerprint density at radius 1 is 1.33 bits per heavy atom. The van der Waals surface area contributed by atoms with E-state index in [0.29, 0.717) is 24.7 Å². The number of aromatic nitrogens is 2. The van der Waals surface area contributed by atoms with E-state index < -0.39 is 10.0 Å². The molecule has 1 rings (SSSR count). The van der Waals surface area contributed by atoms with E-state index >= 15 is 0 Å². The number of nitrogens with zero attached hydrogens (tertiary/aromatic N) is 2. The Balaban J connectivity index is 2.25. The Morgan fingerprint density at radius 2 is 2.06 bits per heavy atom. The fourth-order valence-electron chi connectivity index (χ4n) is 1.32. The fourth-order valence-corrected chi connectivity index (χ4v) is 2.26. The van der Waals surface area contributed by atoms with Crippen LogP contribution in [0.2, 0.25) is 0 Å². The molecule has 0 unspecified atom stereocenters. The molecule has 7 nitrogen and oxygen atoms in total. The minimum Gasteiger partial charge on any atom is -0.340 e. The average Bonchev–Trinajstić information content (AvgIpc) is 2.63. The van der Waals surface area contributed by atoms with Crippen LogP contribution in [0.5, 0.6) is 0 Å². The van der Waals surface area contributed by atoms with Crippen LogP contribution in [0.25, 0.3) is 0 Å². The predicted octanol–water partition coefficient (Wildman–Crippen LogP) is -0.162. The molecular formula is C10H20N4O3S. The summed E-state index contributed by atoms with van der Waals surface area (Å²) in [5, 5.41) is 6.74. The highest BCUT2D eigenvalue weighted by Crippen LogP contribution is 1.95. The molecule has 104 valence electrons. The van der Waals surface area contributed by atoms with Gasteiger partial charge in [-0.15, -0.1) is 0 Å². The molecule has 0 saturated heterocycles. The first-order valence-electron chi connectivity index (χ1n) is 5.89. The van der Waals surface area contributed by atoms with E-state index in [0.717, 1.165) is 0 Å². The highest BCUT2D eigenvalue weighted by molar-refractivity contribution is 7.89. The smallest absolute Gasteiger partial charge is 0.223 e. The molecule has 1 aromatic rings. The summed E-state index contributed by atoms with van der Waals surface area (Å²) in [5.41, 5.74) is 0. The number of aryl methyl sites for hydroxylation is 1. The maximum Gasteiger partial charge on any atom is 0.223 e. The third-order valence-corrected chi connectivity index (χ3v) is 3.55. The minimum atomic E-state index is -3.24. The largest absolute Gasteiger partial charge is 0.340 e. The van der Waals surface area contributed by atoms with E-state index in [4.69, 9.17) is 4.52 Å². The van der Waals surface area contributed by atoms with Crippen molar-refractivity contribution >= 4 is 10.0 Å². The summed E-state index contributed by atoms with van der Waals surface area (Å²) in [6, 6.07) is 0.280. The quantitative estimate of drug-likeness (QED) is 0.684. The van der Waals surface area contributed by atoms with E-state index in [1.54, 1.807) is 6.92 Å². The van der Waals surface area contributed by atoms with E-state index in [1.165, 1.54) is 0 Å². The van der Waals surface area contributed by atoms with Gasteiger partial charge in [0.2, 0.25) is 15.9 Å². The van der Waals surface area contributed by atoms with Crippen molar-refractivity contribution < 1.29 is 12.9 Å². The van der Waals surface area contributed by atoms with E-state index in [2.05, 4.69) is 20.2 Å². The molecule has 8 heteroatoms. The number of hydrogen-bond acceptors (Lipinski definition) is 6. The summed E-state index contributed by atoms with van der Waals surface area (Å²) < 4.78 is 30.5. The van der Waals surface area contributed by atoms with Gasteiger partial charge in [-0.3, -0.25) is 0 Å². The van der Waals surface area contributed by atoms with Crippen LogP contribution in [0.4, 0.5) is 0 Å². The zero-order valence-electron chi connectivity index (χ0n) is 10.9. The second-order valence-corrected chi connectivity index (χ2v) is 6.23. The molecule has 0 spiro atoms. The van der Waals surface area contributed by atoms with Gasteiger partial charge >= 0.3 is 0 Å². The normalized spacial score (nSPS) is 12.2. The molecule has 0 aromatic carbocycles. The first-order valence-corrected chi connectivity index (χ1v) is 7.54. The van der Waals surface area contributed by atoms with Crippen LogP contribution >= 0.6 is 0 Å². The van der Waals surface area contributed by atoms with Crippen LogP contribution in [-0.2, 0) is 16.4 Å². The lowest BCUT2D eigenvalue weighted by Crippen LogP contribution is -2.35. The fraction of sp³-hybridized carbons (Fsp3) is 0.800. The summed E-state index contributed by atoms with van der Waals surface area (Å²) in [5.74, 6) is 1.06. The summed E-state index contributed by atoms with van der Waals surface area (Å²) in [4.78, 5) is 3.99. The molecule has 0 atom stereocenters. The molecule has 0 aliphatic carbocycles. The van der Waals surface area contributed by atoms with Crippen molar-refractivity contribution in [2.45, 2.75) is 33.2 Å². The van der Waals surface area contributed by atoms with Crippen molar-refractivity contribution in [1.29, 1.82) is 0 Å². The summed E-state index contributed by atoms with van der Waals surface area (Å²) in [6.45, 7) is 6.35. The van der Waals surface area contributed by atoms with Gasteiger partial charge in [0, 0.05) is 32.5 Å². The van der Waals surface area contributed by atoms with Crippen LogP contribution < -0.4 is 10.0 Å². The number of sulfonamides is 1. The molecule has 0 amide bonds. The van der Waals surface area contributed by atoms with Gasteiger partial charge in [0.05, 0.1) is 5.75 Å². The predicted molar refractivity (Wildman–Crippen MR) is 67.7 cm³/mol. The van der Waals surface area contributed by atoms with Gasteiger partial charge in [-0.25, -0.2) is 13.1 Å². The van der Waals surface area contributed by atoms with Gasteiger partial charge in [0.25, 0.3) is 0 Å². The summed E-state index contributed by atoms with van der Waals surface area (Å²) in [6.07, 6.45) is 0.425. The van der Waals surface area contributed by atoms with Crippen molar-refractivity contribution in [3.63, 3.8) is 0 Å². The Bertz CT molecular complexity index is 455. The lowest BCUT2D eigenvalue weighted by atomic mass is 10.4. The van der Waals surface area contributed by atoms with Crippen LogP contribution in [0.1, 0.15) is 25.6 Å². The van der Waals surface area contributed by atoms with Crippen molar-refractivity contribution in [2.24, 2.45) is 0 Å². The van der Waals surface area contributed by atoms with Gasteiger partial charge in [0.15, 0.2) is 5.82 Å². The lowest BCUT2D eigenvalue weighted by molar-refractivity contribution is 0.387. The van der Waals surface area contributed by atoms with Crippen molar-refractivity contribution in [3.05, 3.63) is 11.7 Å². The first-order chi connectivity index (χ1) is 8.39. The Hall–Kier alpha value is -0.990. The molecule has 0 fully saturated rings. The zero-order chi connectivity index (χ0) is 13.6. The number of hydrogen-bond donors (Lipinski definition) is 2. The van der Waals surface area contributed by atoms with Gasteiger partial charge in [-0.05, 0) is 0 Å². The highest BCUT2D eigenvalue weighted by Gasteiger charge is 2.10. The Morgan fingerprint density at radius 3 is 2.61 bits per heavy atom. The van der Waals surface area contributed by atoms with Crippen LogP contribution in [-0.4, -0.2) is 43.4 Å². The molecule has 0 bridgehead atoms. The topological polar surface area (TPSA) is 97.1 Å². The monoisotopic (exact) mass is 276 g/mol. The van der Waals surface area contributed by atoms with Gasteiger partial charge in [-0.2, -0.15) is 4.98 Å². The van der Waals surface area contributed by atoms with Crippen molar-refractivity contribution in [1.82, 2.24) is 20.2 Å². The summed E-state index contributed by atoms with van der Waals surface area (Å²) >= 11 is 0. The second-order valence-electron chi connectivity index (χ2n) is 4.30. The van der Waals surface area contributed by atoms with Gasteiger partial charge in [-0.1, -0.05) is 19.0 Å². The van der Waals surface area contributed by atoms with Crippen LogP contribution in [0, 0.1) is 6.92 Å². The minimum absolute atomic E-state index is 0.0659. The van der Waals surface area contributed by atoms with Crippen LogP contribution in [0.3, 0.4) is 0 Å². The maximum absolute atomic E-state index is 11.6. The second kappa shape index (κ2) is 6.81. The Kier molecular flexibility index (Phi) is 5.70. The van der Waals surface area contributed by atoms with E-state index in [9.17, 15) is 8.42 Å². The molecule has 18 heavy (non-hydrogen) atoms. The third-order valence-electron chi connectivity index (χ3n) is 2.16. The molecule has 0 aliphatic heterocycles. The molecule has 0 radical (unpaired) electrons. The standard InChI is InChI=1S/C10H20N4O3S/c1-8(2)11-6-7-18(15,16)12-5-4-10-13-9(3)17-14-10/h8,11-12H,4-7H2,1-3H3. The molecule has 0 aliphatic rings. The molecular weight excluding hydrogens is 256 g/mol. The summed E-state index contributed by atoms with van der Waals surface area (Å²) in [7, 11) is -3.24. The molecule has 1 heterocycles. The molecule has 1 aromatic heterocycles. The van der Waals surface area contributed by atoms with Crippen molar-refractivity contribution in [2.75, 3.05) is 18.8 Å². The van der Waals surface area contributed by atoms with Gasteiger partial charge in [0.1, 0.15) is 0 Å². The van der Waals surface area contributed by atoms with Crippen molar-refractivity contribution in [3.8, 4) is 0 Å². The number of nitrogens with one attached hydrogen (secondary N) is 2. The van der Waals surface area contributed by atoms with Gasteiger partial charge < -0.3 is 9.84 Å². The molecule has 2 N–H and O–H groups in total. The van der Waals surface area contributed by atoms with E-state index in [-0.39, 0.29) is 18.3 Å².